The van der Waals surface area contributed by atoms with Crippen molar-refractivity contribution in [2.45, 2.75) is 56.7 Å². The van der Waals surface area contributed by atoms with Crippen LogP contribution in [0.4, 0.5) is 0 Å². The molecule has 20 heavy (non-hydrogen) atoms. The first-order valence-corrected chi connectivity index (χ1v) is 8.35. The SMILES string of the molecule is CCc1c(O)n(CC2(SC)CCCCC2)c(=O)[nH]c1=O. The lowest BCUT2D eigenvalue weighted by Gasteiger charge is -2.36. The Hall–Kier alpha value is -1.17. The van der Waals surface area contributed by atoms with Crippen molar-refractivity contribution >= 4 is 11.8 Å². The van der Waals surface area contributed by atoms with Crippen LogP contribution in [0.5, 0.6) is 5.88 Å². The van der Waals surface area contributed by atoms with Gasteiger partial charge in [-0.05, 0) is 25.5 Å². The Kier molecular flexibility index (Phi) is 4.62. The topological polar surface area (TPSA) is 75.1 Å². The van der Waals surface area contributed by atoms with Crippen molar-refractivity contribution < 1.29 is 5.11 Å². The van der Waals surface area contributed by atoms with Gasteiger partial charge in [0.15, 0.2) is 0 Å². The fourth-order valence-corrected chi connectivity index (χ4v) is 3.93. The van der Waals surface area contributed by atoms with E-state index >= 15 is 0 Å². The number of rotatable bonds is 4. The summed E-state index contributed by atoms with van der Waals surface area (Å²) in [5, 5.41) is 10.2. The molecule has 0 aromatic carbocycles. The summed E-state index contributed by atoms with van der Waals surface area (Å²) in [6, 6.07) is 0. The highest BCUT2D eigenvalue weighted by molar-refractivity contribution is 8.00. The molecule has 0 saturated heterocycles. The molecule has 0 spiro atoms. The molecule has 0 radical (unpaired) electrons. The maximum Gasteiger partial charge on any atom is 0.331 e. The Morgan fingerprint density at radius 1 is 1.30 bits per heavy atom. The van der Waals surface area contributed by atoms with E-state index in [1.165, 1.54) is 11.0 Å². The minimum Gasteiger partial charge on any atom is -0.494 e. The predicted molar refractivity (Wildman–Crippen MR) is 81.7 cm³/mol. The van der Waals surface area contributed by atoms with Crippen LogP contribution in [-0.2, 0) is 13.0 Å². The smallest absolute Gasteiger partial charge is 0.331 e. The summed E-state index contributed by atoms with van der Waals surface area (Å²) in [5.74, 6) is -0.166. The van der Waals surface area contributed by atoms with Crippen LogP contribution in [0.3, 0.4) is 0 Å². The van der Waals surface area contributed by atoms with Crippen LogP contribution in [0.1, 0.15) is 44.6 Å². The van der Waals surface area contributed by atoms with Gasteiger partial charge in [0.1, 0.15) is 0 Å². The molecule has 1 saturated carbocycles. The summed E-state index contributed by atoms with van der Waals surface area (Å²) < 4.78 is 1.32. The number of aromatic amines is 1. The third-order valence-corrected chi connectivity index (χ3v) is 5.67. The van der Waals surface area contributed by atoms with Gasteiger partial charge in [0, 0.05) is 11.3 Å². The van der Waals surface area contributed by atoms with Gasteiger partial charge in [-0.25, -0.2) is 4.79 Å². The summed E-state index contributed by atoms with van der Waals surface area (Å²) in [6.45, 7) is 2.26. The number of aromatic nitrogens is 2. The molecule has 0 aliphatic heterocycles. The summed E-state index contributed by atoms with van der Waals surface area (Å²) in [7, 11) is 0. The second kappa shape index (κ2) is 6.08. The lowest BCUT2D eigenvalue weighted by atomic mass is 9.88. The zero-order chi connectivity index (χ0) is 14.8. The normalized spacial score (nSPS) is 18.1. The monoisotopic (exact) mass is 298 g/mol. The second-order valence-corrected chi connectivity index (χ2v) is 6.72. The average Bonchev–Trinajstić information content (AvgIpc) is 2.45. The molecule has 1 heterocycles. The van der Waals surface area contributed by atoms with Gasteiger partial charge < -0.3 is 5.11 Å². The van der Waals surface area contributed by atoms with Crippen molar-refractivity contribution in [3.8, 4) is 5.88 Å². The minimum absolute atomic E-state index is 0.0111. The van der Waals surface area contributed by atoms with Crippen LogP contribution < -0.4 is 11.2 Å². The van der Waals surface area contributed by atoms with Crippen molar-refractivity contribution in [1.82, 2.24) is 9.55 Å². The molecule has 6 heteroatoms. The molecule has 2 rings (SSSR count). The maximum absolute atomic E-state index is 12.0. The minimum atomic E-state index is -0.510. The van der Waals surface area contributed by atoms with Gasteiger partial charge >= 0.3 is 5.69 Å². The second-order valence-electron chi connectivity index (χ2n) is 5.45. The van der Waals surface area contributed by atoms with Gasteiger partial charge in [0.2, 0.25) is 5.88 Å². The summed E-state index contributed by atoms with van der Waals surface area (Å²) in [5.41, 5.74) is -0.701. The fraction of sp³-hybridized carbons (Fsp3) is 0.714. The molecule has 0 amide bonds. The lowest BCUT2D eigenvalue weighted by molar-refractivity contribution is 0.320. The lowest BCUT2D eigenvalue weighted by Crippen LogP contribution is -2.40. The first-order chi connectivity index (χ1) is 9.53. The van der Waals surface area contributed by atoms with Crippen LogP contribution in [0.25, 0.3) is 0 Å². The largest absolute Gasteiger partial charge is 0.494 e. The fourth-order valence-electron chi connectivity index (χ4n) is 2.98. The zero-order valence-corrected chi connectivity index (χ0v) is 12.9. The highest BCUT2D eigenvalue weighted by Gasteiger charge is 2.33. The van der Waals surface area contributed by atoms with Gasteiger partial charge in [0.25, 0.3) is 5.56 Å². The third kappa shape index (κ3) is 2.80. The molecule has 0 unspecified atom stereocenters. The standard InChI is InChI=1S/C14H22N2O3S/c1-3-10-11(17)15-13(19)16(12(10)18)9-14(20-2)7-5-4-6-8-14/h18H,3-9H2,1-2H3,(H,15,17,19). The van der Waals surface area contributed by atoms with E-state index in [0.29, 0.717) is 13.0 Å². The van der Waals surface area contributed by atoms with E-state index in [-0.39, 0.29) is 16.2 Å². The van der Waals surface area contributed by atoms with E-state index < -0.39 is 11.2 Å². The quantitative estimate of drug-likeness (QED) is 0.890. The number of nitrogens with one attached hydrogen (secondary N) is 1. The molecule has 112 valence electrons. The molecule has 1 fully saturated rings. The van der Waals surface area contributed by atoms with Crippen LogP contribution in [0, 0.1) is 0 Å². The molecular weight excluding hydrogens is 276 g/mol. The van der Waals surface area contributed by atoms with Crippen LogP contribution >= 0.6 is 11.8 Å². The van der Waals surface area contributed by atoms with E-state index in [1.54, 1.807) is 18.7 Å². The van der Waals surface area contributed by atoms with E-state index in [2.05, 4.69) is 11.2 Å². The van der Waals surface area contributed by atoms with Gasteiger partial charge in [-0.2, -0.15) is 11.8 Å². The molecule has 1 aromatic heterocycles. The van der Waals surface area contributed by atoms with Gasteiger partial charge in [0.05, 0.1) is 5.56 Å². The maximum atomic E-state index is 12.0. The van der Waals surface area contributed by atoms with E-state index in [4.69, 9.17) is 0 Å². The Morgan fingerprint density at radius 2 is 1.95 bits per heavy atom. The Bertz CT molecular complexity index is 585. The van der Waals surface area contributed by atoms with Gasteiger partial charge in [-0.15, -0.1) is 0 Å². The van der Waals surface area contributed by atoms with Crippen molar-refractivity contribution in [2.75, 3.05) is 6.26 Å². The van der Waals surface area contributed by atoms with Gasteiger partial charge in [-0.3, -0.25) is 14.3 Å². The molecule has 1 aromatic rings. The highest BCUT2D eigenvalue weighted by atomic mass is 32.2. The Labute approximate surface area is 122 Å². The molecule has 0 atom stereocenters. The van der Waals surface area contributed by atoms with E-state index in [9.17, 15) is 14.7 Å². The number of hydrogen-bond donors (Lipinski definition) is 2. The molecule has 5 nitrogen and oxygen atoms in total. The number of aromatic hydroxyl groups is 1. The molecular formula is C14H22N2O3S. The zero-order valence-electron chi connectivity index (χ0n) is 12.1. The Balaban J connectivity index is 2.42. The molecule has 1 aliphatic carbocycles. The number of hydrogen-bond acceptors (Lipinski definition) is 4. The van der Waals surface area contributed by atoms with Crippen molar-refractivity contribution in [1.29, 1.82) is 0 Å². The first kappa shape index (κ1) is 15.2. The van der Waals surface area contributed by atoms with Crippen molar-refractivity contribution in [2.24, 2.45) is 0 Å². The third-order valence-electron chi connectivity index (χ3n) is 4.26. The Morgan fingerprint density at radius 3 is 2.50 bits per heavy atom. The average molecular weight is 298 g/mol. The van der Waals surface area contributed by atoms with Gasteiger partial charge in [-0.1, -0.05) is 26.2 Å². The predicted octanol–water partition coefficient (Wildman–Crippen LogP) is 1.87. The molecule has 2 N–H and O–H groups in total. The van der Waals surface area contributed by atoms with Crippen LogP contribution in [0.15, 0.2) is 9.59 Å². The highest BCUT2D eigenvalue weighted by Crippen LogP contribution is 2.40. The first-order valence-electron chi connectivity index (χ1n) is 7.13. The van der Waals surface area contributed by atoms with Crippen LogP contribution in [0.2, 0.25) is 0 Å². The van der Waals surface area contributed by atoms with E-state index in [1.807, 2.05) is 0 Å². The number of H-pyrrole nitrogens is 1. The summed E-state index contributed by atoms with van der Waals surface area (Å²) in [4.78, 5) is 26.0. The van der Waals surface area contributed by atoms with Crippen LogP contribution in [-0.4, -0.2) is 25.7 Å². The molecule has 1 aliphatic rings. The number of nitrogens with zero attached hydrogens (tertiary/aromatic N) is 1. The molecule has 0 bridgehead atoms. The summed E-state index contributed by atoms with van der Waals surface area (Å²) in [6.07, 6.45) is 8.09. The summed E-state index contributed by atoms with van der Waals surface area (Å²) >= 11 is 1.76. The van der Waals surface area contributed by atoms with Crippen molar-refractivity contribution in [3.63, 3.8) is 0 Å². The van der Waals surface area contributed by atoms with E-state index in [0.717, 1.165) is 25.7 Å². The van der Waals surface area contributed by atoms with Crippen molar-refractivity contribution in [3.05, 3.63) is 26.4 Å². The number of thioether (sulfide) groups is 1.